The topological polar surface area (TPSA) is 53.0 Å². The van der Waals surface area contributed by atoms with Gasteiger partial charge in [-0.25, -0.2) is 0 Å². The van der Waals surface area contributed by atoms with E-state index in [9.17, 15) is 9.59 Å². The standard InChI is InChI=1S/C19H25N3O2S/c1-10-20-21-9-14-15(18(21,2)25-10)17(24)22(16(14)23)19-6-11-3-12(7-19)5-13(4-11)8-19/h11-15H,3-9H2,1-2H3/t11?,12?,13?,14-,15+,18-,19?/m0/s1. The SMILES string of the molecule is CC1=NN2C[C@@H]3C(=O)N(C45CC6CC(CC(C6)C4)C5)C(=O)[C@@H]3[C@]2(C)S1. The number of fused-ring (bicyclic) bond motifs is 3. The van der Waals surface area contributed by atoms with Crippen molar-refractivity contribution in [3.8, 4) is 0 Å². The Morgan fingerprint density at radius 3 is 2.24 bits per heavy atom. The molecule has 0 radical (unpaired) electrons. The van der Waals surface area contributed by atoms with Crippen LogP contribution in [0.15, 0.2) is 5.10 Å². The van der Waals surface area contributed by atoms with Gasteiger partial charge in [0.1, 0.15) is 4.87 Å². The number of carbonyl (C=O) groups excluding carboxylic acids is 2. The fourth-order valence-electron chi connectivity index (χ4n) is 7.59. The molecule has 6 heteroatoms. The van der Waals surface area contributed by atoms with Gasteiger partial charge in [0.15, 0.2) is 0 Å². The van der Waals surface area contributed by atoms with Gasteiger partial charge in [-0.2, -0.15) is 5.10 Å². The predicted octanol–water partition coefficient (Wildman–Crippen LogP) is 2.67. The maximum atomic E-state index is 13.6. The van der Waals surface area contributed by atoms with Crippen molar-refractivity contribution in [1.29, 1.82) is 0 Å². The van der Waals surface area contributed by atoms with E-state index in [1.54, 1.807) is 11.8 Å². The molecule has 134 valence electrons. The molecule has 0 aromatic rings. The van der Waals surface area contributed by atoms with Gasteiger partial charge in [0.25, 0.3) is 0 Å². The summed E-state index contributed by atoms with van der Waals surface area (Å²) in [5.41, 5.74) is -0.145. The lowest BCUT2D eigenvalue weighted by Crippen LogP contribution is -2.62. The van der Waals surface area contributed by atoms with Gasteiger partial charge in [-0.1, -0.05) is 11.8 Å². The normalized spacial score (nSPS) is 52.9. The molecule has 0 aromatic heterocycles. The zero-order chi connectivity index (χ0) is 17.1. The molecule has 3 aliphatic heterocycles. The Hall–Kier alpha value is -1.04. The summed E-state index contributed by atoms with van der Waals surface area (Å²) in [6.45, 7) is 4.72. The third kappa shape index (κ3) is 1.70. The molecule has 2 amide bonds. The van der Waals surface area contributed by atoms with E-state index in [2.05, 4.69) is 12.0 Å². The number of rotatable bonds is 1. The van der Waals surface area contributed by atoms with E-state index in [1.165, 1.54) is 19.3 Å². The monoisotopic (exact) mass is 359 g/mol. The van der Waals surface area contributed by atoms with Crippen LogP contribution in [-0.4, -0.2) is 43.7 Å². The van der Waals surface area contributed by atoms with Crippen molar-refractivity contribution in [3.05, 3.63) is 0 Å². The first-order valence-corrected chi connectivity index (χ1v) is 10.6. The summed E-state index contributed by atoms with van der Waals surface area (Å²) in [5.74, 6) is 2.04. The number of nitrogens with zero attached hydrogens (tertiary/aromatic N) is 3. The third-order valence-electron chi connectivity index (χ3n) is 7.98. The zero-order valence-electron chi connectivity index (χ0n) is 14.9. The molecule has 0 N–H and O–H groups in total. The number of hydrogen-bond donors (Lipinski definition) is 0. The zero-order valence-corrected chi connectivity index (χ0v) is 15.7. The molecular weight excluding hydrogens is 334 g/mol. The second kappa shape index (κ2) is 4.44. The Balaban J connectivity index is 1.38. The summed E-state index contributed by atoms with van der Waals surface area (Å²) in [6, 6.07) is 0. The van der Waals surface area contributed by atoms with E-state index < -0.39 is 0 Å². The number of amides is 2. The number of likely N-dealkylation sites (tertiary alicyclic amines) is 1. The second-order valence-electron chi connectivity index (χ2n) is 9.60. The fraction of sp³-hybridized carbons (Fsp3) is 0.842. The van der Waals surface area contributed by atoms with E-state index >= 15 is 0 Å². The molecule has 4 saturated carbocycles. The largest absolute Gasteiger partial charge is 0.278 e. The second-order valence-corrected chi connectivity index (χ2v) is 11.2. The lowest BCUT2D eigenvalue weighted by Gasteiger charge is -2.59. The summed E-state index contributed by atoms with van der Waals surface area (Å²) in [7, 11) is 0. The average Bonchev–Trinajstić information content (AvgIpc) is 3.02. The predicted molar refractivity (Wildman–Crippen MR) is 95.5 cm³/mol. The summed E-state index contributed by atoms with van der Waals surface area (Å²) in [5, 5.41) is 7.60. The molecule has 3 heterocycles. The van der Waals surface area contributed by atoms with Crippen molar-refractivity contribution < 1.29 is 9.59 Å². The van der Waals surface area contributed by atoms with Crippen molar-refractivity contribution in [2.75, 3.05) is 6.54 Å². The Bertz CT molecular complexity index is 699. The van der Waals surface area contributed by atoms with Gasteiger partial charge in [-0.3, -0.25) is 19.5 Å². The third-order valence-corrected chi connectivity index (χ3v) is 9.24. The first kappa shape index (κ1) is 15.1. The highest BCUT2D eigenvalue weighted by atomic mass is 32.2. The lowest BCUT2D eigenvalue weighted by atomic mass is 9.52. The van der Waals surface area contributed by atoms with Gasteiger partial charge in [0.2, 0.25) is 11.8 Å². The highest BCUT2D eigenvalue weighted by molar-refractivity contribution is 8.15. The lowest BCUT2D eigenvalue weighted by molar-refractivity contribution is -0.160. The average molecular weight is 359 g/mol. The number of hydrogen-bond acceptors (Lipinski definition) is 5. The van der Waals surface area contributed by atoms with E-state index in [-0.39, 0.29) is 34.1 Å². The van der Waals surface area contributed by atoms with Gasteiger partial charge >= 0.3 is 0 Å². The van der Waals surface area contributed by atoms with Gasteiger partial charge in [0, 0.05) is 0 Å². The highest BCUT2D eigenvalue weighted by Gasteiger charge is 2.69. The van der Waals surface area contributed by atoms with E-state index in [0.29, 0.717) is 6.54 Å². The Labute approximate surface area is 152 Å². The molecule has 7 aliphatic rings. The smallest absolute Gasteiger partial charge is 0.237 e. The molecule has 2 saturated heterocycles. The van der Waals surface area contributed by atoms with Crippen molar-refractivity contribution in [3.63, 3.8) is 0 Å². The van der Waals surface area contributed by atoms with Crippen LogP contribution in [-0.2, 0) is 9.59 Å². The highest BCUT2D eigenvalue weighted by Crippen LogP contribution is 2.61. The van der Waals surface area contributed by atoms with Crippen LogP contribution in [0.3, 0.4) is 0 Å². The molecule has 4 aliphatic carbocycles. The van der Waals surface area contributed by atoms with Crippen LogP contribution in [0.25, 0.3) is 0 Å². The molecule has 0 aromatic carbocycles. The molecule has 4 bridgehead atoms. The van der Waals surface area contributed by atoms with Crippen molar-refractivity contribution in [2.24, 2.45) is 34.7 Å². The number of carbonyl (C=O) groups is 2. The maximum absolute atomic E-state index is 13.6. The molecule has 0 spiro atoms. The van der Waals surface area contributed by atoms with E-state index in [4.69, 9.17) is 0 Å². The molecule has 25 heavy (non-hydrogen) atoms. The van der Waals surface area contributed by atoms with Gasteiger partial charge in [0.05, 0.1) is 29.0 Å². The van der Waals surface area contributed by atoms with Crippen LogP contribution in [0.5, 0.6) is 0 Å². The molecular formula is C19H25N3O2S. The fourth-order valence-corrected chi connectivity index (χ4v) is 8.94. The van der Waals surface area contributed by atoms with Crippen LogP contribution in [0.4, 0.5) is 0 Å². The van der Waals surface area contributed by atoms with Gasteiger partial charge < -0.3 is 0 Å². The molecule has 6 fully saturated rings. The Kier molecular flexibility index (Phi) is 2.67. The molecule has 7 rings (SSSR count). The minimum absolute atomic E-state index is 0.111. The van der Waals surface area contributed by atoms with Crippen LogP contribution in [0.2, 0.25) is 0 Å². The number of imide groups is 1. The Morgan fingerprint density at radius 2 is 1.64 bits per heavy atom. The maximum Gasteiger partial charge on any atom is 0.237 e. The van der Waals surface area contributed by atoms with Crippen LogP contribution in [0.1, 0.15) is 52.4 Å². The van der Waals surface area contributed by atoms with Gasteiger partial charge in [-0.15, -0.1) is 0 Å². The van der Waals surface area contributed by atoms with Crippen molar-refractivity contribution >= 4 is 28.6 Å². The van der Waals surface area contributed by atoms with Crippen molar-refractivity contribution in [1.82, 2.24) is 9.91 Å². The van der Waals surface area contributed by atoms with E-state index in [0.717, 1.165) is 42.1 Å². The summed E-state index contributed by atoms with van der Waals surface area (Å²) >= 11 is 1.68. The number of hydrazone groups is 1. The van der Waals surface area contributed by atoms with Crippen LogP contribution >= 0.6 is 11.8 Å². The summed E-state index contributed by atoms with van der Waals surface area (Å²) in [4.78, 5) is 28.4. The van der Waals surface area contributed by atoms with Gasteiger partial charge in [-0.05, 0) is 70.1 Å². The minimum atomic E-state index is -0.363. The van der Waals surface area contributed by atoms with E-state index in [1.807, 2.05) is 16.8 Å². The first-order chi connectivity index (χ1) is 11.9. The van der Waals surface area contributed by atoms with Crippen LogP contribution < -0.4 is 0 Å². The Morgan fingerprint density at radius 1 is 1.04 bits per heavy atom. The van der Waals surface area contributed by atoms with Crippen LogP contribution in [0, 0.1) is 29.6 Å². The minimum Gasteiger partial charge on any atom is -0.278 e. The summed E-state index contributed by atoms with van der Waals surface area (Å²) < 4.78 is 0. The first-order valence-electron chi connectivity index (χ1n) is 9.79. The quantitative estimate of drug-likeness (QED) is 0.676. The van der Waals surface area contributed by atoms with Crippen molar-refractivity contribution in [2.45, 2.75) is 62.8 Å². The molecule has 3 atom stereocenters. The molecule has 0 unspecified atom stereocenters. The molecule has 5 nitrogen and oxygen atoms in total. The number of thioether (sulfide) groups is 1. The summed E-state index contributed by atoms with van der Waals surface area (Å²) in [6.07, 6.45) is 7.20.